The van der Waals surface area contributed by atoms with Crippen molar-refractivity contribution in [3.63, 3.8) is 0 Å². The van der Waals surface area contributed by atoms with Crippen molar-refractivity contribution >= 4 is 46.4 Å². The van der Waals surface area contributed by atoms with Crippen molar-refractivity contribution in [3.05, 3.63) is 50.1 Å². The van der Waals surface area contributed by atoms with Crippen LogP contribution in [0.2, 0.25) is 9.36 Å². The monoisotopic (exact) mass is 387 g/mol. The van der Waals surface area contributed by atoms with Crippen molar-refractivity contribution in [3.8, 4) is 5.75 Å². The first-order valence-electron chi connectivity index (χ1n) is 6.96. The molecule has 128 valence electrons. The van der Waals surface area contributed by atoms with Gasteiger partial charge in [-0.25, -0.2) is 0 Å². The maximum absolute atomic E-state index is 12.5. The second-order valence-corrected chi connectivity index (χ2v) is 7.14. The minimum Gasteiger partial charge on any atom is -0.495 e. The van der Waals surface area contributed by atoms with Crippen molar-refractivity contribution < 1.29 is 19.4 Å². The largest absolute Gasteiger partial charge is 0.495 e. The predicted octanol–water partition coefficient (Wildman–Crippen LogP) is 3.72. The standard InChI is InChI=1S/C16H15Cl2NO4S/c1-23-12-4-2-3-10(16(12)18)7-14(20)19(9-15(21)22)8-11-5-6-13(17)24-11/h2-6H,7-9H2,1H3,(H,21,22). The van der Waals surface area contributed by atoms with Crippen LogP contribution in [0.5, 0.6) is 5.75 Å². The fraction of sp³-hybridized carbons (Fsp3) is 0.250. The number of carbonyl (C=O) groups is 2. The Balaban J connectivity index is 2.17. The number of carboxylic acid groups (broad SMARTS) is 1. The Morgan fingerprint density at radius 2 is 2.00 bits per heavy atom. The van der Waals surface area contributed by atoms with E-state index < -0.39 is 12.5 Å². The number of carboxylic acids is 1. The summed E-state index contributed by atoms with van der Waals surface area (Å²) < 4.78 is 5.71. The second-order valence-electron chi connectivity index (χ2n) is 4.96. The van der Waals surface area contributed by atoms with E-state index in [0.29, 0.717) is 20.7 Å². The van der Waals surface area contributed by atoms with E-state index in [1.54, 1.807) is 30.3 Å². The van der Waals surface area contributed by atoms with Gasteiger partial charge in [-0.15, -0.1) is 11.3 Å². The Labute approximate surface area is 153 Å². The van der Waals surface area contributed by atoms with Crippen molar-refractivity contribution in [1.29, 1.82) is 0 Å². The minimum atomic E-state index is -1.08. The Bertz CT molecular complexity index is 747. The summed E-state index contributed by atoms with van der Waals surface area (Å²) >= 11 is 13.4. The van der Waals surface area contributed by atoms with Crippen molar-refractivity contribution in [1.82, 2.24) is 4.90 Å². The first kappa shape index (κ1) is 18.6. The SMILES string of the molecule is COc1cccc(CC(=O)N(CC(=O)O)Cc2ccc(Cl)s2)c1Cl. The van der Waals surface area contributed by atoms with Gasteiger partial charge < -0.3 is 14.7 Å². The molecule has 1 aromatic heterocycles. The lowest BCUT2D eigenvalue weighted by Gasteiger charge is -2.20. The molecule has 1 N–H and O–H groups in total. The van der Waals surface area contributed by atoms with E-state index in [1.165, 1.54) is 23.3 Å². The van der Waals surface area contributed by atoms with Gasteiger partial charge in [0.2, 0.25) is 5.91 Å². The van der Waals surface area contributed by atoms with E-state index in [0.717, 1.165) is 4.88 Å². The summed E-state index contributed by atoms with van der Waals surface area (Å²) in [6.07, 6.45) is -0.0115. The van der Waals surface area contributed by atoms with Gasteiger partial charge >= 0.3 is 5.97 Å². The molecule has 0 aliphatic rings. The van der Waals surface area contributed by atoms with Gasteiger partial charge in [0.25, 0.3) is 0 Å². The van der Waals surface area contributed by atoms with Crippen molar-refractivity contribution in [2.24, 2.45) is 0 Å². The van der Waals surface area contributed by atoms with Crippen LogP contribution in [-0.4, -0.2) is 35.5 Å². The highest BCUT2D eigenvalue weighted by Gasteiger charge is 2.20. The molecule has 5 nitrogen and oxygen atoms in total. The lowest BCUT2D eigenvalue weighted by Crippen LogP contribution is -2.36. The summed E-state index contributed by atoms with van der Waals surface area (Å²) in [6, 6.07) is 8.62. The molecule has 0 unspecified atom stereocenters. The van der Waals surface area contributed by atoms with Crippen LogP contribution in [0, 0.1) is 0 Å². The average Bonchev–Trinajstić information content (AvgIpc) is 2.93. The molecule has 0 aliphatic heterocycles. The molecule has 0 fully saturated rings. The van der Waals surface area contributed by atoms with Crippen LogP contribution in [0.1, 0.15) is 10.4 Å². The number of hydrogen-bond acceptors (Lipinski definition) is 4. The third kappa shape index (κ3) is 4.87. The molecule has 0 spiro atoms. The van der Waals surface area contributed by atoms with E-state index in [4.69, 9.17) is 33.0 Å². The number of thiophene rings is 1. The first-order valence-corrected chi connectivity index (χ1v) is 8.53. The van der Waals surface area contributed by atoms with Gasteiger partial charge in [-0.05, 0) is 23.8 Å². The molecule has 8 heteroatoms. The average molecular weight is 388 g/mol. The molecule has 24 heavy (non-hydrogen) atoms. The number of nitrogens with zero attached hydrogens (tertiary/aromatic N) is 1. The fourth-order valence-electron chi connectivity index (χ4n) is 2.15. The van der Waals surface area contributed by atoms with Crippen LogP contribution in [-0.2, 0) is 22.6 Å². The topological polar surface area (TPSA) is 66.8 Å². The highest BCUT2D eigenvalue weighted by atomic mass is 35.5. The molecular weight excluding hydrogens is 373 g/mol. The highest BCUT2D eigenvalue weighted by Crippen LogP contribution is 2.29. The van der Waals surface area contributed by atoms with E-state index in [1.807, 2.05) is 0 Å². The van der Waals surface area contributed by atoms with Crippen LogP contribution in [0.3, 0.4) is 0 Å². The van der Waals surface area contributed by atoms with Crippen molar-refractivity contribution in [2.75, 3.05) is 13.7 Å². The molecule has 1 heterocycles. The molecule has 2 aromatic rings. The Morgan fingerprint density at radius 1 is 1.25 bits per heavy atom. The smallest absolute Gasteiger partial charge is 0.323 e. The molecule has 0 saturated heterocycles. The van der Waals surface area contributed by atoms with Gasteiger partial charge in [-0.2, -0.15) is 0 Å². The zero-order valence-electron chi connectivity index (χ0n) is 12.8. The molecule has 0 aliphatic carbocycles. The van der Waals surface area contributed by atoms with Gasteiger partial charge in [0.05, 0.1) is 29.4 Å². The summed E-state index contributed by atoms with van der Waals surface area (Å²) in [4.78, 5) is 25.7. The van der Waals surface area contributed by atoms with E-state index >= 15 is 0 Å². The third-order valence-corrected chi connectivity index (χ3v) is 4.90. The molecule has 0 bridgehead atoms. The van der Waals surface area contributed by atoms with E-state index in [-0.39, 0.29) is 18.9 Å². The maximum Gasteiger partial charge on any atom is 0.323 e. The number of benzene rings is 1. The van der Waals surface area contributed by atoms with Crippen LogP contribution >= 0.6 is 34.5 Å². The normalized spacial score (nSPS) is 10.5. The summed E-state index contributed by atoms with van der Waals surface area (Å²) in [7, 11) is 1.49. The lowest BCUT2D eigenvalue weighted by atomic mass is 10.1. The quantitative estimate of drug-likeness (QED) is 0.785. The fourth-order valence-corrected chi connectivity index (χ4v) is 3.52. The van der Waals surface area contributed by atoms with Crippen LogP contribution in [0.4, 0.5) is 0 Å². The predicted molar refractivity (Wildman–Crippen MR) is 94.1 cm³/mol. The molecule has 1 aromatic carbocycles. The molecule has 2 rings (SSSR count). The summed E-state index contributed by atoms with van der Waals surface area (Å²) in [5.41, 5.74) is 0.584. The molecule has 0 saturated carbocycles. The van der Waals surface area contributed by atoms with Gasteiger partial charge in [-0.3, -0.25) is 9.59 Å². The third-order valence-electron chi connectivity index (χ3n) is 3.26. The lowest BCUT2D eigenvalue weighted by molar-refractivity contribution is -0.144. The number of amides is 1. The number of carbonyl (C=O) groups excluding carboxylic acids is 1. The van der Waals surface area contributed by atoms with Crippen LogP contribution in [0.25, 0.3) is 0 Å². The highest BCUT2D eigenvalue weighted by molar-refractivity contribution is 7.16. The number of halogens is 2. The number of aliphatic carboxylic acids is 1. The zero-order valence-corrected chi connectivity index (χ0v) is 15.1. The zero-order chi connectivity index (χ0) is 17.7. The Hall–Kier alpha value is -1.76. The van der Waals surface area contributed by atoms with E-state index in [9.17, 15) is 9.59 Å². The number of hydrogen-bond donors (Lipinski definition) is 1. The Morgan fingerprint density at radius 3 is 2.58 bits per heavy atom. The summed E-state index contributed by atoms with van der Waals surface area (Å²) in [6.45, 7) is -0.208. The van der Waals surface area contributed by atoms with Gasteiger partial charge in [0.1, 0.15) is 12.3 Å². The minimum absolute atomic E-state index is 0.0115. The number of ether oxygens (including phenoxy) is 1. The van der Waals surface area contributed by atoms with Gasteiger partial charge in [0.15, 0.2) is 0 Å². The second kappa shape index (κ2) is 8.37. The number of methoxy groups -OCH3 is 1. The maximum atomic E-state index is 12.5. The molecular formula is C16H15Cl2NO4S. The van der Waals surface area contributed by atoms with Crippen molar-refractivity contribution in [2.45, 2.75) is 13.0 Å². The first-order chi connectivity index (χ1) is 11.4. The van der Waals surface area contributed by atoms with E-state index in [2.05, 4.69) is 0 Å². The van der Waals surface area contributed by atoms with Gasteiger partial charge in [0, 0.05) is 4.88 Å². The molecule has 0 atom stereocenters. The molecule has 0 radical (unpaired) electrons. The van der Waals surface area contributed by atoms with Gasteiger partial charge in [-0.1, -0.05) is 35.3 Å². The molecule has 1 amide bonds. The number of rotatable bonds is 7. The summed E-state index contributed by atoms with van der Waals surface area (Å²) in [5.74, 6) is -0.948. The Kier molecular flexibility index (Phi) is 6.48. The van der Waals surface area contributed by atoms with Crippen LogP contribution in [0.15, 0.2) is 30.3 Å². The summed E-state index contributed by atoms with van der Waals surface area (Å²) in [5, 5.41) is 9.41. The van der Waals surface area contributed by atoms with Crippen LogP contribution < -0.4 is 4.74 Å².